The molecule has 2 heterocycles. The van der Waals surface area contributed by atoms with Crippen LogP contribution in [0.15, 0.2) is 51.6 Å². The first-order valence-corrected chi connectivity index (χ1v) is 10.5. The summed E-state index contributed by atoms with van der Waals surface area (Å²) in [5, 5.41) is 5.78. The lowest BCUT2D eigenvalue weighted by molar-refractivity contribution is -0.121. The summed E-state index contributed by atoms with van der Waals surface area (Å²) in [6.07, 6.45) is 5.52. The zero-order valence-corrected chi connectivity index (χ0v) is 17.4. The normalized spacial score (nSPS) is 15.8. The highest BCUT2D eigenvalue weighted by atomic mass is 79.9. The molecule has 1 aliphatic heterocycles. The van der Waals surface area contributed by atoms with Gasteiger partial charge >= 0.3 is 0 Å². The van der Waals surface area contributed by atoms with Gasteiger partial charge in [-0.1, -0.05) is 22.4 Å². The summed E-state index contributed by atoms with van der Waals surface area (Å²) in [5.74, 6) is 0.623. The quantitative estimate of drug-likeness (QED) is 0.649. The number of halogens is 1. The Bertz CT molecular complexity index is 756. The summed E-state index contributed by atoms with van der Waals surface area (Å²) < 4.78 is 6.52. The highest BCUT2D eigenvalue weighted by Crippen LogP contribution is 2.24. The molecule has 28 heavy (non-hydrogen) atoms. The minimum Gasteiger partial charge on any atom is -0.468 e. The molecular weight excluding hydrogens is 422 g/mol. The molecule has 1 fully saturated rings. The minimum atomic E-state index is -0.179. The average Bonchev–Trinajstić information content (AvgIpc) is 3.24. The maximum Gasteiger partial charge on any atom is 0.251 e. The Morgan fingerprint density at radius 2 is 1.82 bits per heavy atom. The van der Waals surface area contributed by atoms with Crippen molar-refractivity contribution in [3.8, 4) is 0 Å². The maximum absolute atomic E-state index is 12.2. The Labute approximate surface area is 173 Å². The molecule has 1 atom stereocenters. The summed E-state index contributed by atoms with van der Waals surface area (Å²) in [4.78, 5) is 26.7. The SMILES string of the molecule is O=C(CCNC(=O)c1ccc(Br)cc1)NC[C@@H](c1ccco1)N1CCCCC1. The molecule has 2 N–H and O–H groups in total. The third-order valence-electron chi connectivity index (χ3n) is 4.94. The first-order chi connectivity index (χ1) is 13.6. The summed E-state index contributed by atoms with van der Waals surface area (Å²) >= 11 is 3.34. The van der Waals surface area contributed by atoms with E-state index in [0.29, 0.717) is 18.7 Å². The van der Waals surface area contributed by atoms with Crippen LogP contribution in [0.4, 0.5) is 0 Å². The van der Waals surface area contributed by atoms with E-state index in [9.17, 15) is 9.59 Å². The van der Waals surface area contributed by atoms with Crippen LogP contribution in [0.2, 0.25) is 0 Å². The number of rotatable bonds is 8. The standard InChI is InChI=1S/C21H26BrN3O3/c22-17-8-6-16(7-9-17)21(27)23-11-10-20(26)24-15-18(19-5-4-14-28-19)25-12-2-1-3-13-25/h4-9,14,18H,1-3,10-13,15H2,(H,23,27)(H,24,26)/t18-/m0/s1. The second-order valence-corrected chi connectivity index (χ2v) is 7.86. The monoisotopic (exact) mass is 447 g/mol. The van der Waals surface area contributed by atoms with Crippen molar-refractivity contribution >= 4 is 27.7 Å². The van der Waals surface area contributed by atoms with Gasteiger partial charge in [0.1, 0.15) is 5.76 Å². The Kier molecular flexibility index (Phi) is 7.68. The molecule has 1 aromatic heterocycles. The fourth-order valence-corrected chi connectivity index (χ4v) is 3.68. The molecule has 7 heteroatoms. The molecule has 0 bridgehead atoms. The van der Waals surface area contributed by atoms with Gasteiger partial charge in [0.25, 0.3) is 5.91 Å². The van der Waals surface area contributed by atoms with Crippen molar-refractivity contribution in [1.29, 1.82) is 0 Å². The molecule has 0 unspecified atom stereocenters. The van der Waals surface area contributed by atoms with Crippen LogP contribution in [0.3, 0.4) is 0 Å². The molecule has 1 saturated heterocycles. The molecule has 6 nitrogen and oxygen atoms in total. The maximum atomic E-state index is 12.2. The second kappa shape index (κ2) is 10.4. The topological polar surface area (TPSA) is 74.6 Å². The Morgan fingerprint density at radius 1 is 1.07 bits per heavy atom. The minimum absolute atomic E-state index is 0.0524. The number of piperidine rings is 1. The van der Waals surface area contributed by atoms with Gasteiger partial charge in [-0.15, -0.1) is 0 Å². The Hall–Kier alpha value is -2.12. The van der Waals surface area contributed by atoms with Gasteiger partial charge in [0, 0.05) is 29.5 Å². The number of hydrogen-bond acceptors (Lipinski definition) is 4. The van der Waals surface area contributed by atoms with Crippen molar-refractivity contribution in [3.05, 3.63) is 58.5 Å². The number of likely N-dealkylation sites (tertiary alicyclic amines) is 1. The summed E-state index contributed by atoms with van der Waals surface area (Å²) in [6.45, 7) is 2.85. The van der Waals surface area contributed by atoms with Gasteiger partial charge in [-0.25, -0.2) is 0 Å². The molecular formula is C21H26BrN3O3. The molecule has 150 valence electrons. The number of amides is 2. The lowest BCUT2D eigenvalue weighted by atomic mass is 10.1. The number of nitrogens with zero attached hydrogens (tertiary/aromatic N) is 1. The predicted octanol–water partition coefficient (Wildman–Crippen LogP) is 3.51. The molecule has 2 aromatic rings. The van der Waals surface area contributed by atoms with Crippen LogP contribution in [0, 0.1) is 0 Å². The summed E-state index contributed by atoms with van der Waals surface area (Å²) in [7, 11) is 0. The third-order valence-corrected chi connectivity index (χ3v) is 5.47. The molecule has 2 amide bonds. The summed E-state index contributed by atoms with van der Waals surface area (Å²) in [5.41, 5.74) is 0.576. The van der Waals surface area contributed by atoms with E-state index < -0.39 is 0 Å². The average molecular weight is 448 g/mol. The van der Waals surface area contributed by atoms with Gasteiger partial charge in [-0.2, -0.15) is 0 Å². The van der Waals surface area contributed by atoms with Gasteiger partial charge in [0.2, 0.25) is 5.91 Å². The number of hydrogen-bond donors (Lipinski definition) is 2. The molecule has 1 aliphatic rings. The fourth-order valence-electron chi connectivity index (χ4n) is 3.41. The Morgan fingerprint density at radius 3 is 2.50 bits per heavy atom. The lowest BCUT2D eigenvalue weighted by Crippen LogP contribution is -2.41. The van der Waals surface area contributed by atoms with Gasteiger partial charge in [-0.3, -0.25) is 14.5 Å². The number of carbonyl (C=O) groups is 2. The first kappa shape index (κ1) is 20.6. The second-order valence-electron chi connectivity index (χ2n) is 6.94. The molecule has 0 saturated carbocycles. The van der Waals surface area contributed by atoms with E-state index in [1.54, 1.807) is 18.4 Å². The van der Waals surface area contributed by atoms with Crippen LogP contribution < -0.4 is 10.6 Å². The van der Waals surface area contributed by atoms with Gasteiger partial charge in [0.15, 0.2) is 0 Å². The van der Waals surface area contributed by atoms with E-state index in [1.165, 1.54) is 19.3 Å². The molecule has 0 radical (unpaired) electrons. The van der Waals surface area contributed by atoms with Crippen molar-refractivity contribution in [3.63, 3.8) is 0 Å². The van der Waals surface area contributed by atoms with Gasteiger partial charge < -0.3 is 15.1 Å². The zero-order chi connectivity index (χ0) is 19.8. The van der Waals surface area contributed by atoms with E-state index in [1.807, 2.05) is 24.3 Å². The van der Waals surface area contributed by atoms with Crippen molar-refractivity contribution in [2.45, 2.75) is 31.7 Å². The van der Waals surface area contributed by atoms with E-state index in [2.05, 4.69) is 31.5 Å². The lowest BCUT2D eigenvalue weighted by Gasteiger charge is -2.33. The third kappa shape index (κ3) is 5.94. The van der Waals surface area contributed by atoms with Crippen LogP contribution >= 0.6 is 15.9 Å². The van der Waals surface area contributed by atoms with Crippen molar-refractivity contribution < 1.29 is 14.0 Å². The highest BCUT2D eigenvalue weighted by Gasteiger charge is 2.24. The van der Waals surface area contributed by atoms with Crippen LogP contribution in [-0.2, 0) is 4.79 Å². The van der Waals surface area contributed by atoms with Crippen molar-refractivity contribution in [1.82, 2.24) is 15.5 Å². The van der Waals surface area contributed by atoms with E-state index in [4.69, 9.17) is 4.42 Å². The first-order valence-electron chi connectivity index (χ1n) is 9.71. The number of carbonyl (C=O) groups excluding carboxylic acids is 2. The van der Waals surface area contributed by atoms with E-state index in [0.717, 1.165) is 23.3 Å². The number of nitrogens with one attached hydrogen (secondary N) is 2. The van der Waals surface area contributed by atoms with Crippen LogP contribution in [0.5, 0.6) is 0 Å². The zero-order valence-electron chi connectivity index (χ0n) is 15.8. The molecule has 0 aliphatic carbocycles. The van der Waals surface area contributed by atoms with Crippen LogP contribution in [0.1, 0.15) is 47.8 Å². The molecule has 3 rings (SSSR count). The van der Waals surface area contributed by atoms with E-state index >= 15 is 0 Å². The number of furan rings is 1. The van der Waals surface area contributed by atoms with Crippen LogP contribution in [0.25, 0.3) is 0 Å². The van der Waals surface area contributed by atoms with Crippen LogP contribution in [-0.4, -0.2) is 42.9 Å². The van der Waals surface area contributed by atoms with Gasteiger partial charge in [0.05, 0.1) is 12.3 Å². The van der Waals surface area contributed by atoms with Gasteiger partial charge in [-0.05, 0) is 62.3 Å². The summed E-state index contributed by atoms with van der Waals surface area (Å²) in [6, 6.07) is 11.0. The Balaban J connectivity index is 1.44. The van der Waals surface area contributed by atoms with Crippen molar-refractivity contribution in [2.24, 2.45) is 0 Å². The van der Waals surface area contributed by atoms with Crippen molar-refractivity contribution in [2.75, 3.05) is 26.2 Å². The highest BCUT2D eigenvalue weighted by molar-refractivity contribution is 9.10. The fraction of sp³-hybridized carbons (Fsp3) is 0.429. The molecule has 1 aromatic carbocycles. The molecule has 0 spiro atoms. The predicted molar refractivity (Wildman–Crippen MR) is 111 cm³/mol. The smallest absolute Gasteiger partial charge is 0.251 e. The largest absolute Gasteiger partial charge is 0.468 e. The van der Waals surface area contributed by atoms with E-state index in [-0.39, 0.29) is 24.3 Å². The number of benzene rings is 1.